The number of likely N-dealkylation sites (tertiary alicyclic amines) is 1. The standard InChI is InChI=1S/C15H22N2OS/c1-11-9-12(14(16)19)3-4-13(11)10-17-7-5-15(2,18)6-8-17/h3-4,9,18H,5-8,10H2,1-2H3,(H2,16,19). The summed E-state index contributed by atoms with van der Waals surface area (Å²) in [6, 6.07) is 6.15. The van der Waals surface area contributed by atoms with E-state index in [1.54, 1.807) is 0 Å². The molecule has 1 aromatic rings. The molecule has 1 aliphatic heterocycles. The SMILES string of the molecule is Cc1cc(C(N)=S)ccc1CN1CCC(C)(O)CC1. The van der Waals surface area contributed by atoms with Gasteiger partial charge in [-0.1, -0.05) is 24.4 Å². The van der Waals surface area contributed by atoms with Gasteiger partial charge in [-0.2, -0.15) is 0 Å². The lowest BCUT2D eigenvalue weighted by Gasteiger charge is -2.36. The highest BCUT2D eigenvalue weighted by Crippen LogP contribution is 2.23. The summed E-state index contributed by atoms with van der Waals surface area (Å²) in [6.07, 6.45) is 1.69. The highest BCUT2D eigenvalue weighted by molar-refractivity contribution is 7.80. The molecule has 0 bridgehead atoms. The van der Waals surface area contributed by atoms with E-state index in [-0.39, 0.29) is 0 Å². The zero-order chi connectivity index (χ0) is 14.0. The molecule has 1 heterocycles. The molecule has 0 atom stereocenters. The molecule has 3 nitrogen and oxygen atoms in total. The molecule has 0 aliphatic carbocycles. The van der Waals surface area contributed by atoms with Crippen molar-refractivity contribution in [1.29, 1.82) is 0 Å². The van der Waals surface area contributed by atoms with Crippen LogP contribution in [0, 0.1) is 6.92 Å². The maximum atomic E-state index is 9.96. The number of nitrogens with zero attached hydrogens (tertiary/aromatic N) is 1. The minimum Gasteiger partial charge on any atom is -0.390 e. The predicted octanol–water partition coefficient (Wildman–Crippen LogP) is 1.98. The molecular formula is C15H22N2OS. The van der Waals surface area contributed by atoms with E-state index >= 15 is 0 Å². The average Bonchev–Trinajstić information content (AvgIpc) is 2.34. The number of hydrogen-bond acceptors (Lipinski definition) is 3. The molecule has 1 saturated heterocycles. The maximum absolute atomic E-state index is 9.96. The summed E-state index contributed by atoms with van der Waals surface area (Å²) in [6.45, 7) is 6.84. The lowest BCUT2D eigenvalue weighted by atomic mass is 9.93. The Labute approximate surface area is 120 Å². The second-order valence-corrected chi connectivity index (χ2v) is 6.22. The summed E-state index contributed by atoms with van der Waals surface area (Å²) >= 11 is 4.99. The molecule has 0 spiro atoms. The van der Waals surface area contributed by atoms with Gasteiger partial charge in [0, 0.05) is 25.2 Å². The molecule has 19 heavy (non-hydrogen) atoms. The third-order valence-corrected chi connectivity index (χ3v) is 4.19. The summed E-state index contributed by atoms with van der Waals surface area (Å²) in [5.41, 5.74) is 8.62. The largest absolute Gasteiger partial charge is 0.390 e. The average molecular weight is 278 g/mol. The minimum atomic E-state index is -0.485. The van der Waals surface area contributed by atoms with Crippen molar-refractivity contribution in [3.8, 4) is 0 Å². The van der Waals surface area contributed by atoms with E-state index in [4.69, 9.17) is 18.0 Å². The van der Waals surface area contributed by atoms with Gasteiger partial charge < -0.3 is 10.8 Å². The Morgan fingerprint density at radius 3 is 2.58 bits per heavy atom. The fourth-order valence-corrected chi connectivity index (χ4v) is 2.59. The van der Waals surface area contributed by atoms with E-state index in [0.29, 0.717) is 4.99 Å². The van der Waals surface area contributed by atoms with Crippen molar-refractivity contribution >= 4 is 17.2 Å². The van der Waals surface area contributed by atoms with Crippen LogP contribution >= 0.6 is 12.2 Å². The summed E-state index contributed by atoms with van der Waals surface area (Å²) in [4.78, 5) is 2.84. The van der Waals surface area contributed by atoms with Crippen LogP contribution in [0.1, 0.15) is 36.5 Å². The third-order valence-electron chi connectivity index (χ3n) is 3.95. The monoisotopic (exact) mass is 278 g/mol. The molecule has 0 radical (unpaired) electrons. The predicted molar refractivity (Wildman–Crippen MR) is 82.2 cm³/mol. The van der Waals surface area contributed by atoms with Gasteiger partial charge in [-0.3, -0.25) is 4.90 Å². The van der Waals surface area contributed by atoms with Crippen molar-refractivity contribution in [1.82, 2.24) is 4.90 Å². The van der Waals surface area contributed by atoms with Gasteiger partial charge in [0.2, 0.25) is 0 Å². The summed E-state index contributed by atoms with van der Waals surface area (Å²) < 4.78 is 0. The van der Waals surface area contributed by atoms with Gasteiger partial charge in [0.25, 0.3) is 0 Å². The van der Waals surface area contributed by atoms with Crippen molar-refractivity contribution in [2.24, 2.45) is 5.73 Å². The Kier molecular flexibility index (Phi) is 4.23. The number of thiocarbonyl (C=S) groups is 1. The Morgan fingerprint density at radius 2 is 2.05 bits per heavy atom. The molecule has 3 N–H and O–H groups in total. The molecule has 0 unspecified atom stereocenters. The van der Waals surface area contributed by atoms with Gasteiger partial charge in [0.05, 0.1) is 5.60 Å². The van der Waals surface area contributed by atoms with E-state index in [0.717, 1.165) is 38.0 Å². The van der Waals surface area contributed by atoms with Gasteiger partial charge in [0.1, 0.15) is 4.99 Å². The number of aryl methyl sites for hydroxylation is 1. The van der Waals surface area contributed by atoms with Crippen LogP contribution in [0.5, 0.6) is 0 Å². The van der Waals surface area contributed by atoms with E-state index in [2.05, 4.69) is 24.0 Å². The topological polar surface area (TPSA) is 49.5 Å². The third kappa shape index (κ3) is 3.75. The number of benzene rings is 1. The van der Waals surface area contributed by atoms with Crippen molar-refractivity contribution in [3.63, 3.8) is 0 Å². The smallest absolute Gasteiger partial charge is 0.103 e. The number of piperidine rings is 1. The Balaban J connectivity index is 2.02. The zero-order valence-corrected chi connectivity index (χ0v) is 12.5. The fraction of sp³-hybridized carbons (Fsp3) is 0.533. The van der Waals surface area contributed by atoms with Gasteiger partial charge >= 0.3 is 0 Å². The second kappa shape index (κ2) is 5.57. The van der Waals surface area contributed by atoms with Crippen molar-refractivity contribution in [2.45, 2.75) is 38.8 Å². The van der Waals surface area contributed by atoms with E-state index in [1.165, 1.54) is 11.1 Å². The number of hydrogen-bond donors (Lipinski definition) is 2. The molecule has 0 amide bonds. The van der Waals surface area contributed by atoms with Crippen LogP contribution in [-0.2, 0) is 6.54 Å². The zero-order valence-electron chi connectivity index (χ0n) is 11.6. The highest BCUT2D eigenvalue weighted by Gasteiger charge is 2.27. The highest BCUT2D eigenvalue weighted by atomic mass is 32.1. The van der Waals surface area contributed by atoms with Crippen LogP contribution in [0.25, 0.3) is 0 Å². The normalized spacial score (nSPS) is 19.3. The molecular weight excluding hydrogens is 256 g/mol. The summed E-state index contributed by atoms with van der Waals surface area (Å²) in [5, 5.41) is 9.96. The molecule has 4 heteroatoms. The lowest BCUT2D eigenvalue weighted by Crippen LogP contribution is -2.42. The van der Waals surface area contributed by atoms with Crippen molar-refractivity contribution < 1.29 is 5.11 Å². The van der Waals surface area contributed by atoms with E-state index in [1.807, 2.05) is 13.0 Å². The number of nitrogens with two attached hydrogens (primary N) is 1. The fourth-order valence-electron chi connectivity index (χ4n) is 2.46. The first-order valence-corrected chi connectivity index (χ1v) is 7.12. The maximum Gasteiger partial charge on any atom is 0.103 e. The Morgan fingerprint density at radius 1 is 1.42 bits per heavy atom. The van der Waals surface area contributed by atoms with Crippen LogP contribution in [0.15, 0.2) is 18.2 Å². The van der Waals surface area contributed by atoms with Gasteiger partial charge in [-0.25, -0.2) is 0 Å². The van der Waals surface area contributed by atoms with E-state index < -0.39 is 5.60 Å². The molecule has 0 saturated carbocycles. The summed E-state index contributed by atoms with van der Waals surface area (Å²) in [7, 11) is 0. The molecule has 0 aromatic heterocycles. The van der Waals surface area contributed by atoms with Crippen LogP contribution in [0.4, 0.5) is 0 Å². The van der Waals surface area contributed by atoms with Crippen LogP contribution in [-0.4, -0.2) is 33.7 Å². The van der Waals surface area contributed by atoms with Gasteiger partial charge in [-0.15, -0.1) is 0 Å². The number of rotatable bonds is 3. The van der Waals surface area contributed by atoms with Crippen molar-refractivity contribution in [2.75, 3.05) is 13.1 Å². The van der Waals surface area contributed by atoms with Crippen LogP contribution in [0.3, 0.4) is 0 Å². The van der Waals surface area contributed by atoms with Crippen LogP contribution < -0.4 is 5.73 Å². The van der Waals surface area contributed by atoms with Gasteiger partial charge in [0.15, 0.2) is 0 Å². The number of aliphatic hydroxyl groups is 1. The second-order valence-electron chi connectivity index (χ2n) is 5.78. The summed E-state index contributed by atoms with van der Waals surface area (Å²) in [5.74, 6) is 0. The molecule has 2 rings (SSSR count). The van der Waals surface area contributed by atoms with Crippen molar-refractivity contribution in [3.05, 3.63) is 34.9 Å². The quantitative estimate of drug-likeness (QED) is 0.830. The minimum absolute atomic E-state index is 0.448. The molecule has 1 aliphatic rings. The Bertz CT molecular complexity index is 475. The van der Waals surface area contributed by atoms with Crippen LogP contribution in [0.2, 0.25) is 0 Å². The van der Waals surface area contributed by atoms with Gasteiger partial charge in [-0.05, 0) is 43.9 Å². The first kappa shape index (κ1) is 14.4. The van der Waals surface area contributed by atoms with E-state index in [9.17, 15) is 5.11 Å². The molecule has 1 fully saturated rings. The first-order valence-electron chi connectivity index (χ1n) is 6.71. The Hall–Kier alpha value is -0.970. The molecule has 104 valence electrons. The molecule has 1 aromatic carbocycles. The first-order chi connectivity index (χ1) is 8.87. The lowest BCUT2D eigenvalue weighted by molar-refractivity contribution is -0.00733.